The molecule has 2 saturated heterocycles. The fourth-order valence-corrected chi connectivity index (χ4v) is 2.80. The first-order valence-corrected chi connectivity index (χ1v) is 7.20. The largest absolute Gasteiger partial charge is 0.394 e. The minimum absolute atomic E-state index is 0.0733. The molecule has 0 saturated carbocycles. The van der Waals surface area contributed by atoms with Crippen molar-refractivity contribution in [1.82, 2.24) is 10.2 Å². The lowest BCUT2D eigenvalue weighted by Crippen LogP contribution is -2.64. The molecule has 0 bridgehead atoms. The maximum absolute atomic E-state index is 13.6. The predicted octanol–water partition coefficient (Wildman–Crippen LogP) is 0.110. The number of nitrogens with one attached hydrogen (secondary N) is 1. The van der Waals surface area contributed by atoms with E-state index in [9.17, 15) is 14.0 Å². The van der Waals surface area contributed by atoms with E-state index >= 15 is 0 Å². The van der Waals surface area contributed by atoms with Crippen LogP contribution in [-0.2, 0) is 14.3 Å². The normalized spacial score (nSPS) is 38.2. The smallest absolute Gasteiger partial charge is 0.328 e. The van der Waals surface area contributed by atoms with E-state index in [1.54, 1.807) is 6.92 Å². The van der Waals surface area contributed by atoms with Gasteiger partial charge in [0.05, 0.1) is 6.61 Å². The van der Waals surface area contributed by atoms with Gasteiger partial charge in [-0.15, -0.1) is 0 Å². The van der Waals surface area contributed by atoms with Gasteiger partial charge in [-0.2, -0.15) is 0 Å². The molecule has 9 heteroatoms. The van der Waals surface area contributed by atoms with Crippen LogP contribution in [0.3, 0.4) is 0 Å². The average molecular weight is 355 g/mol. The predicted molar refractivity (Wildman–Crippen MR) is 68.8 cm³/mol. The minimum Gasteiger partial charge on any atom is -0.394 e. The highest BCUT2D eigenvalue weighted by atomic mass is 79.9. The summed E-state index contributed by atoms with van der Waals surface area (Å²) in [6, 6.07) is -0.695. The Labute approximate surface area is 123 Å². The number of hydrogen-bond acceptors (Lipinski definition) is 5. The zero-order chi connectivity index (χ0) is 14.9. The molecule has 0 aromatic rings. The molecule has 3 amide bonds. The van der Waals surface area contributed by atoms with Crippen LogP contribution in [0.5, 0.6) is 0 Å². The van der Waals surface area contributed by atoms with E-state index in [0.29, 0.717) is 0 Å². The molecule has 1 unspecified atom stereocenters. The molecule has 0 aliphatic carbocycles. The maximum Gasteiger partial charge on any atom is 0.328 e. The summed E-state index contributed by atoms with van der Waals surface area (Å²) >= 11 is 3.15. The Morgan fingerprint density at radius 1 is 1.60 bits per heavy atom. The SMILES string of the molecule is CCO[C@@H]1C(Br)C(=O)NC(=O)N1[C@H]1C[C@H](F)[C@@H](CO)O1. The van der Waals surface area contributed by atoms with Crippen molar-refractivity contribution in [3.05, 3.63) is 0 Å². The monoisotopic (exact) mass is 354 g/mol. The van der Waals surface area contributed by atoms with Crippen molar-refractivity contribution in [1.29, 1.82) is 0 Å². The van der Waals surface area contributed by atoms with Crippen molar-refractivity contribution >= 4 is 27.9 Å². The van der Waals surface area contributed by atoms with Gasteiger partial charge in [0.25, 0.3) is 0 Å². The van der Waals surface area contributed by atoms with Gasteiger partial charge in [0.1, 0.15) is 23.3 Å². The van der Waals surface area contributed by atoms with Crippen LogP contribution >= 0.6 is 15.9 Å². The summed E-state index contributed by atoms with van der Waals surface area (Å²) in [6.07, 6.45) is -4.17. The molecular formula is C11H16BrFN2O5. The first-order chi connectivity index (χ1) is 9.49. The second-order valence-electron chi connectivity index (χ2n) is 4.51. The van der Waals surface area contributed by atoms with Crippen LogP contribution in [0.2, 0.25) is 0 Å². The van der Waals surface area contributed by atoms with Gasteiger partial charge in [-0.3, -0.25) is 15.0 Å². The number of ether oxygens (including phenoxy) is 2. The molecule has 114 valence electrons. The Bertz CT molecular complexity index is 399. The van der Waals surface area contributed by atoms with Gasteiger partial charge in [-0.05, 0) is 6.92 Å². The van der Waals surface area contributed by atoms with E-state index in [1.165, 1.54) is 0 Å². The van der Waals surface area contributed by atoms with Crippen molar-refractivity contribution in [2.45, 2.75) is 42.9 Å². The molecule has 2 aliphatic heterocycles. The number of nitrogens with zero attached hydrogens (tertiary/aromatic N) is 1. The zero-order valence-electron chi connectivity index (χ0n) is 10.8. The molecule has 0 spiro atoms. The lowest BCUT2D eigenvalue weighted by molar-refractivity contribution is -0.148. The van der Waals surface area contributed by atoms with Crippen LogP contribution in [-0.4, -0.2) is 64.7 Å². The van der Waals surface area contributed by atoms with Gasteiger partial charge in [-0.1, -0.05) is 15.9 Å². The second-order valence-corrected chi connectivity index (χ2v) is 5.50. The first-order valence-electron chi connectivity index (χ1n) is 6.28. The lowest BCUT2D eigenvalue weighted by Gasteiger charge is -2.40. The molecular weight excluding hydrogens is 339 g/mol. The Kier molecular flexibility index (Phi) is 4.95. The van der Waals surface area contributed by atoms with E-state index in [1.807, 2.05) is 0 Å². The van der Waals surface area contributed by atoms with Gasteiger partial charge >= 0.3 is 6.03 Å². The van der Waals surface area contributed by atoms with Gasteiger partial charge in [0, 0.05) is 13.0 Å². The second kappa shape index (κ2) is 6.33. The molecule has 7 nitrogen and oxygen atoms in total. The molecule has 0 aromatic heterocycles. The van der Waals surface area contributed by atoms with Crippen LogP contribution in [0.15, 0.2) is 0 Å². The van der Waals surface area contributed by atoms with Crippen molar-refractivity contribution in [3.8, 4) is 0 Å². The van der Waals surface area contributed by atoms with Crippen molar-refractivity contribution in [2.75, 3.05) is 13.2 Å². The van der Waals surface area contributed by atoms with Gasteiger partial charge < -0.3 is 14.6 Å². The van der Waals surface area contributed by atoms with Gasteiger partial charge in [0.15, 0.2) is 6.23 Å². The Balaban J connectivity index is 2.18. The summed E-state index contributed by atoms with van der Waals surface area (Å²) < 4.78 is 24.4. The number of amides is 3. The van der Waals surface area contributed by atoms with Crippen LogP contribution < -0.4 is 5.32 Å². The topological polar surface area (TPSA) is 88.1 Å². The number of rotatable bonds is 4. The quantitative estimate of drug-likeness (QED) is 0.699. The summed E-state index contributed by atoms with van der Waals surface area (Å²) in [7, 11) is 0. The zero-order valence-corrected chi connectivity index (χ0v) is 12.4. The first kappa shape index (κ1) is 15.6. The summed E-state index contributed by atoms with van der Waals surface area (Å²) in [4.78, 5) is 23.9. The highest BCUT2D eigenvalue weighted by Gasteiger charge is 2.48. The number of imide groups is 1. The summed E-state index contributed by atoms with van der Waals surface area (Å²) in [5.74, 6) is -0.516. The fourth-order valence-electron chi connectivity index (χ4n) is 2.28. The highest BCUT2D eigenvalue weighted by Crippen LogP contribution is 2.30. The van der Waals surface area contributed by atoms with Gasteiger partial charge in [0.2, 0.25) is 5.91 Å². The number of urea groups is 1. The van der Waals surface area contributed by atoms with Crippen LogP contribution in [0.25, 0.3) is 0 Å². The van der Waals surface area contributed by atoms with E-state index in [-0.39, 0.29) is 13.0 Å². The molecule has 2 rings (SSSR count). The summed E-state index contributed by atoms with van der Waals surface area (Å²) in [6.45, 7) is 1.53. The molecule has 2 fully saturated rings. The van der Waals surface area contributed by atoms with Crippen LogP contribution in [0, 0.1) is 0 Å². The van der Waals surface area contributed by atoms with E-state index < -0.39 is 48.1 Å². The van der Waals surface area contributed by atoms with Crippen LogP contribution in [0.1, 0.15) is 13.3 Å². The number of hydrogen-bond donors (Lipinski definition) is 2. The number of halogens is 2. The number of aliphatic hydroxyl groups excluding tert-OH is 1. The Hall–Kier alpha value is -0.770. The van der Waals surface area contributed by atoms with Crippen molar-refractivity contribution in [2.24, 2.45) is 0 Å². The molecule has 2 N–H and O–H groups in total. The third kappa shape index (κ3) is 2.80. The fraction of sp³-hybridized carbons (Fsp3) is 0.818. The average Bonchev–Trinajstić information content (AvgIpc) is 2.76. The van der Waals surface area contributed by atoms with Gasteiger partial charge in [-0.25, -0.2) is 9.18 Å². The van der Waals surface area contributed by atoms with E-state index in [0.717, 1.165) is 4.90 Å². The third-order valence-electron chi connectivity index (χ3n) is 3.23. The van der Waals surface area contributed by atoms with E-state index in [4.69, 9.17) is 14.6 Å². The lowest BCUT2D eigenvalue weighted by atomic mass is 10.2. The van der Waals surface area contributed by atoms with Crippen molar-refractivity contribution < 1.29 is 28.6 Å². The Morgan fingerprint density at radius 3 is 2.85 bits per heavy atom. The van der Waals surface area contributed by atoms with Crippen LogP contribution in [0.4, 0.5) is 9.18 Å². The summed E-state index contributed by atoms with van der Waals surface area (Å²) in [5.41, 5.74) is 0. The molecule has 2 heterocycles. The molecule has 5 atom stereocenters. The molecule has 20 heavy (non-hydrogen) atoms. The molecule has 2 aliphatic rings. The number of alkyl halides is 2. The van der Waals surface area contributed by atoms with Crippen molar-refractivity contribution in [3.63, 3.8) is 0 Å². The standard InChI is InChI=1S/C11H16BrFN2O5/c1-2-19-10-8(12)9(17)14-11(18)15(10)7-3-5(13)6(4-16)20-7/h5-8,10,16H,2-4H2,1H3,(H,14,17,18)/t5-,6+,7+,8?,10+/m0/s1. The summed E-state index contributed by atoms with van der Waals surface area (Å²) in [5, 5.41) is 11.2. The minimum atomic E-state index is -1.37. The third-order valence-corrected chi connectivity index (χ3v) is 4.10. The number of carbonyl (C=O) groups excluding carboxylic acids is 2. The number of carbonyl (C=O) groups is 2. The Morgan fingerprint density at radius 2 is 2.30 bits per heavy atom. The molecule has 0 radical (unpaired) electrons. The maximum atomic E-state index is 13.6. The van der Waals surface area contributed by atoms with E-state index in [2.05, 4.69) is 21.2 Å². The number of aliphatic hydroxyl groups is 1. The highest BCUT2D eigenvalue weighted by molar-refractivity contribution is 9.10. The molecule has 0 aromatic carbocycles.